The molecular formula is C14H16ClF3N2O. The van der Waals surface area contributed by atoms with E-state index in [0.717, 1.165) is 31.4 Å². The number of carbonyl (C=O) groups excluding carboxylic acids is 1. The Bertz CT molecular complexity index is 536. The van der Waals surface area contributed by atoms with Crippen LogP contribution in [-0.4, -0.2) is 12.5 Å². The molecule has 0 heterocycles. The predicted molar refractivity (Wildman–Crippen MR) is 75.0 cm³/mol. The summed E-state index contributed by atoms with van der Waals surface area (Å²) >= 11 is 5.79. The molecule has 0 saturated heterocycles. The molecule has 21 heavy (non-hydrogen) atoms. The summed E-state index contributed by atoms with van der Waals surface area (Å²) in [7, 11) is 0. The van der Waals surface area contributed by atoms with Gasteiger partial charge < -0.3 is 11.1 Å². The molecule has 0 aliphatic heterocycles. The lowest BCUT2D eigenvalue weighted by Crippen LogP contribution is -2.40. The fraction of sp³-hybridized carbons (Fsp3) is 0.500. The molecule has 3 nitrogen and oxygen atoms in total. The van der Waals surface area contributed by atoms with Gasteiger partial charge in [-0.1, -0.05) is 18.0 Å². The lowest BCUT2D eigenvalue weighted by Gasteiger charge is -2.40. The molecule has 0 unspecified atom stereocenters. The molecule has 1 aliphatic rings. The maximum absolute atomic E-state index is 12.5. The Kier molecular flexibility index (Phi) is 4.49. The van der Waals surface area contributed by atoms with Gasteiger partial charge in [0.25, 0.3) is 0 Å². The lowest BCUT2D eigenvalue weighted by atomic mass is 9.66. The highest BCUT2D eigenvalue weighted by Crippen LogP contribution is 2.43. The average Bonchev–Trinajstić information content (AvgIpc) is 2.35. The molecular weight excluding hydrogens is 305 g/mol. The summed E-state index contributed by atoms with van der Waals surface area (Å²) in [6.07, 6.45) is -1.34. The van der Waals surface area contributed by atoms with Gasteiger partial charge in [0.2, 0.25) is 5.91 Å². The molecule has 0 spiro atoms. The van der Waals surface area contributed by atoms with Gasteiger partial charge in [0, 0.05) is 6.42 Å². The minimum atomic E-state index is -4.46. The van der Waals surface area contributed by atoms with Crippen molar-refractivity contribution in [3.63, 3.8) is 0 Å². The highest BCUT2D eigenvalue weighted by atomic mass is 35.5. The van der Waals surface area contributed by atoms with Gasteiger partial charge in [0.15, 0.2) is 0 Å². The first-order valence-electron chi connectivity index (χ1n) is 6.62. The fourth-order valence-corrected chi connectivity index (χ4v) is 2.69. The number of rotatable bonds is 4. The maximum atomic E-state index is 12.5. The lowest BCUT2D eigenvalue weighted by molar-refractivity contribution is -0.137. The number of amides is 1. The van der Waals surface area contributed by atoms with Gasteiger partial charge in [-0.3, -0.25) is 4.79 Å². The SMILES string of the molecule is NCC1(CC(=O)Nc2ccc(C(F)(F)F)cc2Cl)CCC1. The summed E-state index contributed by atoms with van der Waals surface area (Å²) in [4.78, 5) is 12.0. The molecule has 0 atom stereocenters. The Morgan fingerprint density at radius 2 is 2.05 bits per heavy atom. The van der Waals surface area contributed by atoms with E-state index in [9.17, 15) is 18.0 Å². The van der Waals surface area contributed by atoms with Crippen LogP contribution in [0, 0.1) is 5.41 Å². The van der Waals surface area contributed by atoms with Crippen molar-refractivity contribution in [1.82, 2.24) is 0 Å². The normalized spacial score (nSPS) is 17.2. The van der Waals surface area contributed by atoms with Crippen LogP contribution in [0.4, 0.5) is 18.9 Å². The van der Waals surface area contributed by atoms with Gasteiger partial charge in [0.1, 0.15) is 0 Å². The zero-order valence-corrected chi connectivity index (χ0v) is 12.0. The summed E-state index contributed by atoms with van der Waals surface area (Å²) in [5, 5.41) is 2.42. The summed E-state index contributed by atoms with van der Waals surface area (Å²) in [6, 6.07) is 2.86. The third-order valence-corrected chi connectivity index (χ3v) is 4.27. The number of benzene rings is 1. The smallest absolute Gasteiger partial charge is 0.330 e. The molecule has 1 aromatic carbocycles. The van der Waals surface area contributed by atoms with Crippen LogP contribution in [0.2, 0.25) is 5.02 Å². The second-order valence-corrected chi connectivity index (χ2v) is 5.88. The number of nitrogens with one attached hydrogen (secondary N) is 1. The van der Waals surface area contributed by atoms with Gasteiger partial charge in [-0.15, -0.1) is 0 Å². The predicted octanol–water partition coefficient (Wildman–Crippen LogP) is 3.82. The van der Waals surface area contributed by atoms with E-state index in [0.29, 0.717) is 6.54 Å². The van der Waals surface area contributed by atoms with Gasteiger partial charge in [-0.2, -0.15) is 13.2 Å². The van der Waals surface area contributed by atoms with E-state index in [1.807, 2.05) is 0 Å². The molecule has 0 aromatic heterocycles. The summed E-state index contributed by atoms with van der Waals surface area (Å²) in [5.41, 5.74) is 4.85. The van der Waals surface area contributed by atoms with Crippen LogP contribution >= 0.6 is 11.6 Å². The fourth-order valence-electron chi connectivity index (χ4n) is 2.46. The van der Waals surface area contributed by atoms with Gasteiger partial charge in [-0.05, 0) is 43.0 Å². The molecule has 1 aromatic rings. The number of anilines is 1. The first kappa shape index (κ1) is 16.1. The zero-order chi connectivity index (χ0) is 15.7. The molecule has 1 aliphatic carbocycles. The van der Waals surface area contributed by atoms with E-state index in [4.69, 9.17) is 17.3 Å². The standard InChI is InChI=1S/C14H16ClF3N2O/c15-10-6-9(14(16,17)18)2-3-11(10)20-12(21)7-13(8-19)4-1-5-13/h2-3,6H,1,4-5,7-8,19H2,(H,20,21). The summed E-state index contributed by atoms with van der Waals surface area (Å²) in [5.74, 6) is -0.276. The maximum Gasteiger partial charge on any atom is 0.416 e. The molecule has 116 valence electrons. The Hall–Kier alpha value is -1.27. The van der Waals surface area contributed by atoms with E-state index in [-0.39, 0.29) is 28.5 Å². The molecule has 0 radical (unpaired) electrons. The van der Waals surface area contributed by atoms with Crippen LogP contribution in [-0.2, 0) is 11.0 Å². The van der Waals surface area contributed by atoms with Crippen LogP contribution in [0.15, 0.2) is 18.2 Å². The quantitative estimate of drug-likeness (QED) is 0.886. The Morgan fingerprint density at radius 3 is 2.48 bits per heavy atom. The van der Waals surface area contributed by atoms with Crippen molar-refractivity contribution in [2.24, 2.45) is 11.1 Å². The van der Waals surface area contributed by atoms with Crippen molar-refractivity contribution in [2.75, 3.05) is 11.9 Å². The third-order valence-electron chi connectivity index (χ3n) is 3.95. The molecule has 0 bridgehead atoms. The summed E-state index contributed by atoms with van der Waals surface area (Å²) < 4.78 is 37.6. The van der Waals surface area contributed by atoms with Crippen molar-refractivity contribution >= 4 is 23.2 Å². The Labute approximate surface area is 125 Å². The Balaban J connectivity index is 2.04. The molecule has 2 rings (SSSR count). The molecule has 1 fully saturated rings. The van der Waals surface area contributed by atoms with Crippen LogP contribution in [0.25, 0.3) is 0 Å². The number of hydrogen-bond acceptors (Lipinski definition) is 2. The topological polar surface area (TPSA) is 55.1 Å². The largest absolute Gasteiger partial charge is 0.416 e. The average molecular weight is 321 g/mol. The van der Waals surface area contributed by atoms with E-state index >= 15 is 0 Å². The van der Waals surface area contributed by atoms with Gasteiger partial charge in [-0.25, -0.2) is 0 Å². The zero-order valence-electron chi connectivity index (χ0n) is 11.3. The second kappa shape index (κ2) is 5.85. The monoisotopic (exact) mass is 320 g/mol. The Morgan fingerprint density at radius 1 is 1.38 bits per heavy atom. The first-order chi connectivity index (χ1) is 9.76. The van der Waals surface area contributed by atoms with Crippen LogP contribution < -0.4 is 11.1 Å². The van der Waals surface area contributed by atoms with E-state index < -0.39 is 11.7 Å². The first-order valence-corrected chi connectivity index (χ1v) is 7.00. The summed E-state index contributed by atoms with van der Waals surface area (Å²) in [6.45, 7) is 0.432. The molecule has 1 amide bonds. The second-order valence-electron chi connectivity index (χ2n) is 5.48. The van der Waals surface area contributed by atoms with E-state index in [2.05, 4.69) is 5.32 Å². The van der Waals surface area contributed by atoms with Crippen LogP contribution in [0.5, 0.6) is 0 Å². The van der Waals surface area contributed by atoms with E-state index in [1.54, 1.807) is 0 Å². The number of alkyl halides is 3. The van der Waals surface area contributed by atoms with Crippen molar-refractivity contribution in [2.45, 2.75) is 31.9 Å². The van der Waals surface area contributed by atoms with Gasteiger partial charge in [0.05, 0.1) is 16.3 Å². The third kappa shape index (κ3) is 3.68. The van der Waals surface area contributed by atoms with Crippen molar-refractivity contribution in [3.05, 3.63) is 28.8 Å². The number of halogens is 4. The van der Waals surface area contributed by atoms with E-state index in [1.165, 1.54) is 6.07 Å². The van der Waals surface area contributed by atoms with Crippen molar-refractivity contribution in [1.29, 1.82) is 0 Å². The molecule has 1 saturated carbocycles. The van der Waals surface area contributed by atoms with Crippen LogP contribution in [0.3, 0.4) is 0 Å². The van der Waals surface area contributed by atoms with Crippen LogP contribution in [0.1, 0.15) is 31.2 Å². The van der Waals surface area contributed by atoms with Crippen molar-refractivity contribution in [3.8, 4) is 0 Å². The minimum Gasteiger partial charge on any atom is -0.330 e. The van der Waals surface area contributed by atoms with Gasteiger partial charge >= 0.3 is 6.18 Å². The van der Waals surface area contributed by atoms with Crippen molar-refractivity contribution < 1.29 is 18.0 Å². The number of nitrogens with two attached hydrogens (primary N) is 1. The number of hydrogen-bond donors (Lipinski definition) is 2. The highest BCUT2D eigenvalue weighted by molar-refractivity contribution is 6.33. The molecule has 3 N–H and O–H groups in total. The highest BCUT2D eigenvalue weighted by Gasteiger charge is 2.37. The minimum absolute atomic E-state index is 0.131. The number of carbonyl (C=O) groups is 1. The molecule has 7 heteroatoms.